The minimum atomic E-state index is 0.540. The Morgan fingerprint density at radius 3 is 2.81 bits per heavy atom. The van der Waals surface area contributed by atoms with E-state index in [1.54, 1.807) is 11.2 Å². The lowest BCUT2D eigenvalue weighted by atomic mass is 10.2. The van der Waals surface area contributed by atoms with Crippen LogP contribution in [0, 0.1) is 5.92 Å². The number of thiol groups is 1. The van der Waals surface area contributed by atoms with Gasteiger partial charge in [0.1, 0.15) is 5.03 Å². The Labute approximate surface area is 100 Å². The van der Waals surface area contributed by atoms with Gasteiger partial charge >= 0.3 is 0 Å². The van der Waals surface area contributed by atoms with Gasteiger partial charge in [-0.3, -0.25) is 9.69 Å². The molecule has 2 N–H and O–H groups in total. The first kappa shape index (κ1) is 11.3. The maximum Gasteiger partial charge on any atom is 0.177 e. The fourth-order valence-corrected chi connectivity index (χ4v) is 1.83. The van der Waals surface area contributed by atoms with Gasteiger partial charge in [0, 0.05) is 13.6 Å². The van der Waals surface area contributed by atoms with E-state index in [1.165, 1.54) is 0 Å². The minimum Gasteiger partial charge on any atom is -0.274 e. The third-order valence-electron chi connectivity index (χ3n) is 2.29. The van der Waals surface area contributed by atoms with Crippen LogP contribution >= 0.6 is 12.6 Å². The van der Waals surface area contributed by atoms with E-state index in [1.807, 2.05) is 11.7 Å². The highest BCUT2D eigenvalue weighted by Crippen LogP contribution is 2.17. The fraction of sp³-hybridized carbons (Fsp3) is 0.556. The Hall–Kier alpha value is -1.21. The number of rotatable bonds is 3. The van der Waals surface area contributed by atoms with Gasteiger partial charge in [-0.05, 0) is 5.92 Å². The van der Waals surface area contributed by atoms with Gasteiger partial charge in [-0.15, -0.1) is 23.3 Å². The van der Waals surface area contributed by atoms with Crippen LogP contribution in [0.1, 0.15) is 19.4 Å². The van der Waals surface area contributed by atoms with Crippen molar-refractivity contribution in [2.75, 3.05) is 7.05 Å². The van der Waals surface area contributed by atoms with E-state index in [-0.39, 0.29) is 0 Å². The van der Waals surface area contributed by atoms with E-state index in [0.29, 0.717) is 5.92 Å². The molecule has 0 spiro atoms. The molecule has 0 atom stereocenters. The van der Waals surface area contributed by atoms with Crippen molar-refractivity contribution in [3.8, 4) is 0 Å². The Kier molecular flexibility index (Phi) is 3.06. The molecule has 0 saturated carbocycles. The van der Waals surface area contributed by atoms with Crippen molar-refractivity contribution in [3.63, 3.8) is 0 Å². The molecule has 2 heterocycles. The van der Waals surface area contributed by atoms with Crippen LogP contribution in [0.2, 0.25) is 0 Å². The summed E-state index contributed by atoms with van der Waals surface area (Å²) in [7, 11) is 1.88. The largest absolute Gasteiger partial charge is 0.274 e. The van der Waals surface area contributed by atoms with Gasteiger partial charge < -0.3 is 0 Å². The number of hydrogen-bond acceptors (Lipinski definition) is 6. The predicted molar refractivity (Wildman–Crippen MR) is 64.9 cm³/mol. The molecule has 1 aliphatic rings. The molecular weight excluding hydrogens is 224 g/mol. The van der Waals surface area contributed by atoms with Gasteiger partial charge in [0.15, 0.2) is 5.84 Å². The highest BCUT2D eigenvalue weighted by molar-refractivity contribution is 7.80. The molecule has 1 aromatic heterocycles. The quantitative estimate of drug-likeness (QED) is 0.671. The van der Waals surface area contributed by atoms with Crippen LogP contribution in [0.15, 0.2) is 16.3 Å². The summed E-state index contributed by atoms with van der Waals surface area (Å²) in [6, 6.07) is 0. The summed E-state index contributed by atoms with van der Waals surface area (Å²) in [6.45, 7) is 5.16. The summed E-state index contributed by atoms with van der Waals surface area (Å²) < 4.78 is 1.89. The van der Waals surface area contributed by atoms with Crippen molar-refractivity contribution in [3.05, 3.63) is 11.8 Å². The number of hydrazone groups is 1. The molecule has 0 saturated heterocycles. The molecular formula is C9H16N6S. The standard InChI is InChI=1S/C9H16N6S/c1-6(2)5-15-9(16)7(4-10-15)8-11-12-13-14(8)3/h4,6,12-13,16H,5H2,1-3H3. The van der Waals surface area contributed by atoms with Crippen molar-refractivity contribution in [2.24, 2.45) is 11.0 Å². The average Bonchev–Trinajstić information content (AvgIpc) is 2.75. The van der Waals surface area contributed by atoms with Crippen LogP contribution in [0.5, 0.6) is 0 Å². The normalized spacial score (nSPS) is 15.6. The van der Waals surface area contributed by atoms with Gasteiger partial charge in [0.2, 0.25) is 0 Å². The number of nitrogens with zero attached hydrogens (tertiary/aromatic N) is 4. The third-order valence-corrected chi connectivity index (χ3v) is 2.76. The van der Waals surface area contributed by atoms with Gasteiger partial charge in [0.25, 0.3) is 0 Å². The maximum absolute atomic E-state index is 4.49. The van der Waals surface area contributed by atoms with E-state index >= 15 is 0 Å². The van der Waals surface area contributed by atoms with E-state index < -0.39 is 0 Å². The van der Waals surface area contributed by atoms with Crippen molar-refractivity contribution in [1.29, 1.82) is 0 Å². The smallest absolute Gasteiger partial charge is 0.177 e. The predicted octanol–water partition coefficient (Wildman–Crippen LogP) is 0.444. The molecule has 1 aliphatic heterocycles. The van der Waals surface area contributed by atoms with E-state index in [0.717, 1.165) is 23.0 Å². The van der Waals surface area contributed by atoms with Gasteiger partial charge in [0.05, 0.1) is 11.8 Å². The highest BCUT2D eigenvalue weighted by atomic mass is 32.1. The number of nitrogens with one attached hydrogen (secondary N) is 2. The Morgan fingerprint density at radius 2 is 2.25 bits per heavy atom. The van der Waals surface area contributed by atoms with E-state index in [9.17, 15) is 0 Å². The van der Waals surface area contributed by atoms with Crippen LogP contribution < -0.4 is 11.1 Å². The summed E-state index contributed by atoms with van der Waals surface area (Å²) in [5, 5.41) is 11.1. The Morgan fingerprint density at radius 1 is 1.50 bits per heavy atom. The van der Waals surface area contributed by atoms with Crippen LogP contribution in [0.25, 0.3) is 0 Å². The Balaban J connectivity index is 2.26. The number of hydrazine groups is 2. The number of aromatic nitrogens is 2. The zero-order valence-electron chi connectivity index (χ0n) is 9.60. The average molecular weight is 240 g/mol. The van der Waals surface area contributed by atoms with Crippen molar-refractivity contribution in [2.45, 2.75) is 25.4 Å². The first-order valence-electron chi connectivity index (χ1n) is 5.16. The van der Waals surface area contributed by atoms with E-state index in [2.05, 4.69) is 47.7 Å². The van der Waals surface area contributed by atoms with Crippen molar-refractivity contribution < 1.29 is 0 Å². The highest BCUT2D eigenvalue weighted by Gasteiger charge is 2.20. The first-order chi connectivity index (χ1) is 7.59. The molecule has 0 bridgehead atoms. The molecule has 2 rings (SSSR count). The molecule has 0 unspecified atom stereocenters. The Bertz CT molecular complexity index is 410. The molecule has 0 fully saturated rings. The first-order valence-corrected chi connectivity index (χ1v) is 5.61. The lowest BCUT2D eigenvalue weighted by molar-refractivity contribution is 0.348. The van der Waals surface area contributed by atoms with Crippen molar-refractivity contribution in [1.82, 2.24) is 25.9 Å². The van der Waals surface area contributed by atoms with Gasteiger partial charge in [-0.25, -0.2) is 5.53 Å². The lowest BCUT2D eigenvalue weighted by Gasteiger charge is -2.12. The molecule has 0 aliphatic carbocycles. The second-order valence-electron chi connectivity index (χ2n) is 4.18. The summed E-state index contributed by atoms with van der Waals surface area (Å²) in [5.74, 6) is 1.33. The second-order valence-corrected chi connectivity index (χ2v) is 4.60. The van der Waals surface area contributed by atoms with Gasteiger partial charge in [-0.1, -0.05) is 13.8 Å². The maximum atomic E-state index is 4.49. The second kappa shape index (κ2) is 4.34. The summed E-state index contributed by atoms with van der Waals surface area (Å²) in [5.41, 5.74) is 6.47. The molecule has 1 aromatic rings. The summed E-state index contributed by atoms with van der Waals surface area (Å²) in [6.07, 6.45) is 1.79. The number of amidine groups is 1. The molecule has 16 heavy (non-hydrogen) atoms. The molecule has 0 aromatic carbocycles. The zero-order valence-corrected chi connectivity index (χ0v) is 10.5. The molecule has 0 radical (unpaired) electrons. The minimum absolute atomic E-state index is 0.540. The summed E-state index contributed by atoms with van der Waals surface area (Å²) in [4.78, 5) is 0. The third kappa shape index (κ3) is 2.00. The van der Waals surface area contributed by atoms with Crippen molar-refractivity contribution >= 4 is 18.5 Å². The molecule has 88 valence electrons. The monoisotopic (exact) mass is 240 g/mol. The summed E-state index contributed by atoms with van der Waals surface area (Å²) >= 11 is 4.49. The van der Waals surface area contributed by atoms with Crippen LogP contribution in [0.4, 0.5) is 0 Å². The topological polar surface area (TPSA) is 57.5 Å². The SMILES string of the molecule is CC(C)Cn1ncc(C2=NNNN2C)c1S. The van der Waals surface area contributed by atoms with Crippen LogP contribution in [-0.2, 0) is 6.54 Å². The van der Waals surface area contributed by atoms with E-state index in [4.69, 9.17) is 0 Å². The fourth-order valence-electron chi connectivity index (χ4n) is 1.54. The molecule has 7 heteroatoms. The van der Waals surface area contributed by atoms with Crippen LogP contribution in [0.3, 0.4) is 0 Å². The molecule has 6 nitrogen and oxygen atoms in total. The van der Waals surface area contributed by atoms with Crippen LogP contribution in [-0.4, -0.2) is 27.7 Å². The zero-order chi connectivity index (χ0) is 11.7. The van der Waals surface area contributed by atoms with Gasteiger partial charge in [-0.2, -0.15) is 5.10 Å². The number of hydrogen-bond donors (Lipinski definition) is 3. The lowest BCUT2D eigenvalue weighted by Crippen LogP contribution is -2.37. The molecule has 0 amide bonds.